The van der Waals surface area contributed by atoms with Gasteiger partial charge in [0.25, 0.3) is 5.56 Å². The molecule has 6 N–H and O–H groups in total. The maximum absolute atomic E-state index is 12.9. The van der Waals surface area contributed by atoms with E-state index in [1.54, 1.807) is 4.57 Å². The quantitative estimate of drug-likeness (QED) is 0.174. The van der Waals surface area contributed by atoms with Crippen LogP contribution in [0.5, 0.6) is 0 Å². The molecule has 2 fully saturated rings. The van der Waals surface area contributed by atoms with Crippen molar-refractivity contribution in [3.63, 3.8) is 0 Å². The molecule has 0 spiro atoms. The maximum Gasteiger partial charge on any atom is 0.472 e. The fourth-order valence-corrected chi connectivity index (χ4v) is 5.51. The van der Waals surface area contributed by atoms with E-state index in [2.05, 4.69) is 19.9 Å². The van der Waals surface area contributed by atoms with Gasteiger partial charge in [0.1, 0.15) is 42.5 Å². The smallest absolute Gasteiger partial charge is 0.394 e. The number of anilines is 1. The molecule has 0 radical (unpaired) electrons. The predicted molar refractivity (Wildman–Crippen MR) is 128 cm³/mol. The summed E-state index contributed by atoms with van der Waals surface area (Å²) in [5.74, 6) is 0.176. The van der Waals surface area contributed by atoms with Gasteiger partial charge >= 0.3 is 13.5 Å². The summed E-state index contributed by atoms with van der Waals surface area (Å²) in [6, 6.07) is 1.08. The van der Waals surface area contributed by atoms with E-state index in [4.69, 9.17) is 29.0 Å². The van der Waals surface area contributed by atoms with Gasteiger partial charge in [-0.25, -0.2) is 24.3 Å². The van der Waals surface area contributed by atoms with Gasteiger partial charge in [0.2, 0.25) is 0 Å². The van der Waals surface area contributed by atoms with Crippen LogP contribution in [0, 0.1) is 0 Å². The number of rotatable bonds is 9. The molecule has 2 saturated heterocycles. The number of hydrogen-bond donors (Lipinski definition) is 5. The Kier molecular flexibility index (Phi) is 7.64. The standard InChI is InChI=1S/C20H26N7O11P/c1-34-16-15(10(5-28)37-19(16)26-3-2-12(30)25-20(26)31)38-39(32,33)35-6-11-9(29)4-13(36-11)27-8-24-14-17(21)22-7-23-18(14)27/h2-3,7-11,13,15-16,19,28-29H,4-6H2,1H3,(H,32,33)(H2,21,22,23)(H,25,30,31)/t9-,10-,11-,13-,15?,16+,19-/m1/s1. The number of aliphatic hydroxyl groups is 2. The Morgan fingerprint density at radius 2 is 2.00 bits per heavy atom. The second kappa shape index (κ2) is 10.8. The average molecular weight is 571 g/mol. The molecular formula is C20H26N7O11P. The van der Waals surface area contributed by atoms with Gasteiger partial charge < -0.3 is 35.1 Å². The second-order valence-corrected chi connectivity index (χ2v) is 10.2. The summed E-state index contributed by atoms with van der Waals surface area (Å²) in [5.41, 5.74) is 5.09. The van der Waals surface area contributed by atoms with E-state index in [1.165, 1.54) is 19.8 Å². The summed E-state index contributed by atoms with van der Waals surface area (Å²) in [5, 5.41) is 20.3. The summed E-state index contributed by atoms with van der Waals surface area (Å²) in [6.45, 7) is -1.19. The summed E-state index contributed by atoms with van der Waals surface area (Å²) in [7, 11) is -3.60. The predicted octanol–water partition coefficient (Wildman–Crippen LogP) is -1.99. The number of aromatic amines is 1. The number of methoxy groups -OCH3 is 1. The topological polar surface area (TPSA) is 248 Å². The van der Waals surface area contributed by atoms with E-state index in [9.17, 15) is 29.3 Å². The minimum Gasteiger partial charge on any atom is -0.394 e. The van der Waals surface area contributed by atoms with Crippen LogP contribution in [0.1, 0.15) is 18.9 Å². The average Bonchev–Trinajstić information content (AvgIpc) is 3.58. The van der Waals surface area contributed by atoms with Gasteiger partial charge in [-0.15, -0.1) is 0 Å². The molecule has 19 heteroatoms. The zero-order valence-electron chi connectivity index (χ0n) is 20.3. The Morgan fingerprint density at radius 3 is 2.72 bits per heavy atom. The summed E-state index contributed by atoms with van der Waals surface area (Å²) in [6.07, 6.45) is -3.77. The van der Waals surface area contributed by atoms with Crippen molar-refractivity contribution in [2.75, 3.05) is 26.1 Å². The summed E-state index contributed by atoms with van der Waals surface area (Å²) >= 11 is 0. The number of nitrogens with zero attached hydrogens (tertiary/aromatic N) is 5. The Bertz CT molecular complexity index is 1490. The minimum absolute atomic E-state index is 0.102. The van der Waals surface area contributed by atoms with Crippen LogP contribution in [0.15, 0.2) is 34.5 Å². The van der Waals surface area contributed by atoms with Crippen molar-refractivity contribution >= 4 is 24.8 Å². The molecule has 2 aliphatic rings. The van der Waals surface area contributed by atoms with Gasteiger partial charge in [-0.3, -0.25) is 28.0 Å². The van der Waals surface area contributed by atoms with Gasteiger partial charge in [0, 0.05) is 25.8 Å². The van der Waals surface area contributed by atoms with E-state index in [0.717, 1.165) is 16.8 Å². The third-order valence-electron chi connectivity index (χ3n) is 6.42. The van der Waals surface area contributed by atoms with Crippen LogP contribution >= 0.6 is 7.82 Å². The number of nitrogen functional groups attached to an aromatic ring is 1. The minimum atomic E-state index is -4.85. The van der Waals surface area contributed by atoms with Crippen LogP contribution in [0.3, 0.4) is 0 Å². The van der Waals surface area contributed by atoms with E-state index >= 15 is 0 Å². The normalized spacial score (nSPS) is 30.6. The molecule has 2 unspecified atom stereocenters. The van der Waals surface area contributed by atoms with E-state index in [0.29, 0.717) is 11.2 Å². The first-order valence-corrected chi connectivity index (χ1v) is 13.1. The molecule has 5 heterocycles. The number of nitrogens with one attached hydrogen (secondary N) is 1. The van der Waals surface area contributed by atoms with Crippen molar-refractivity contribution < 1.29 is 42.9 Å². The van der Waals surface area contributed by atoms with E-state index in [1.807, 2.05) is 0 Å². The molecule has 0 saturated carbocycles. The van der Waals surface area contributed by atoms with Crippen molar-refractivity contribution in [3.05, 3.63) is 45.8 Å². The number of phosphoric acid groups is 1. The molecule has 5 rings (SSSR count). The second-order valence-electron chi connectivity index (χ2n) is 8.81. The summed E-state index contributed by atoms with van der Waals surface area (Å²) in [4.78, 5) is 48.3. The first-order chi connectivity index (χ1) is 18.6. The van der Waals surface area contributed by atoms with Crippen molar-refractivity contribution in [3.8, 4) is 0 Å². The highest BCUT2D eigenvalue weighted by atomic mass is 31.2. The number of aliphatic hydroxyl groups excluding tert-OH is 2. The maximum atomic E-state index is 12.9. The van der Waals surface area contributed by atoms with Crippen molar-refractivity contribution in [2.24, 2.45) is 0 Å². The van der Waals surface area contributed by atoms with E-state index < -0.39 is 75.3 Å². The van der Waals surface area contributed by atoms with Gasteiger partial charge in [-0.05, 0) is 0 Å². The zero-order chi connectivity index (χ0) is 27.9. The highest BCUT2D eigenvalue weighted by Gasteiger charge is 2.50. The Labute approximate surface area is 218 Å². The molecular weight excluding hydrogens is 545 g/mol. The van der Waals surface area contributed by atoms with Gasteiger partial charge in [0.05, 0.1) is 25.6 Å². The Morgan fingerprint density at radius 1 is 1.21 bits per heavy atom. The Hall–Kier alpha value is -3.06. The number of fused-ring (bicyclic) bond motifs is 1. The largest absolute Gasteiger partial charge is 0.472 e. The number of nitrogens with two attached hydrogens (primary N) is 1. The molecule has 0 amide bonds. The molecule has 2 aliphatic heterocycles. The lowest BCUT2D eigenvalue weighted by Crippen LogP contribution is -2.40. The first-order valence-electron chi connectivity index (χ1n) is 11.6. The fraction of sp³-hybridized carbons (Fsp3) is 0.550. The zero-order valence-corrected chi connectivity index (χ0v) is 21.2. The number of ether oxygens (including phenoxy) is 3. The number of H-pyrrole nitrogens is 1. The van der Waals surface area contributed by atoms with Gasteiger partial charge in [-0.2, -0.15) is 0 Å². The molecule has 18 nitrogen and oxygen atoms in total. The highest BCUT2D eigenvalue weighted by molar-refractivity contribution is 7.47. The summed E-state index contributed by atoms with van der Waals surface area (Å²) < 4.78 is 42.6. The molecule has 3 aromatic heterocycles. The lowest BCUT2D eigenvalue weighted by Gasteiger charge is -2.25. The Balaban J connectivity index is 1.26. The van der Waals surface area contributed by atoms with Gasteiger partial charge in [0.15, 0.2) is 17.7 Å². The molecule has 8 atom stereocenters. The first kappa shape index (κ1) is 27.5. The molecule has 0 aliphatic carbocycles. The van der Waals surface area contributed by atoms with Crippen LogP contribution < -0.4 is 17.0 Å². The van der Waals surface area contributed by atoms with Crippen LogP contribution in [-0.2, 0) is 27.8 Å². The number of aromatic nitrogens is 6. The third kappa shape index (κ3) is 5.38. The van der Waals surface area contributed by atoms with Crippen molar-refractivity contribution in [1.29, 1.82) is 0 Å². The SMILES string of the molecule is CO[C@H]1C(OP(=O)(O)OC[C@H]2O[C@@H](n3cnc4c(N)ncnc43)C[C@H]2O)[C@@H](CO)O[C@H]1n1ccc(=O)[nH]c1=O. The van der Waals surface area contributed by atoms with Crippen molar-refractivity contribution in [1.82, 2.24) is 29.1 Å². The van der Waals surface area contributed by atoms with Gasteiger partial charge in [-0.1, -0.05) is 0 Å². The molecule has 39 heavy (non-hydrogen) atoms. The third-order valence-corrected chi connectivity index (χ3v) is 7.41. The molecule has 3 aromatic rings. The monoisotopic (exact) mass is 571 g/mol. The highest BCUT2D eigenvalue weighted by Crippen LogP contribution is 2.49. The van der Waals surface area contributed by atoms with Crippen LogP contribution in [0.25, 0.3) is 11.2 Å². The lowest BCUT2D eigenvalue weighted by molar-refractivity contribution is -0.0625. The number of hydrogen-bond acceptors (Lipinski definition) is 14. The molecule has 0 bridgehead atoms. The van der Waals surface area contributed by atoms with Crippen molar-refractivity contribution in [2.45, 2.75) is 49.4 Å². The molecule has 212 valence electrons. The number of imidazole rings is 1. The fourth-order valence-electron chi connectivity index (χ4n) is 4.55. The lowest BCUT2D eigenvalue weighted by atomic mass is 10.1. The van der Waals surface area contributed by atoms with E-state index in [-0.39, 0.29) is 12.2 Å². The molecule has 0 aromatic carbocycles. The van der Waals surface area contributed by atoms with Crippen LogP contribution in [0.2, 0.25) is 0 Å². The van der Waals surface area contributed by atoms with Crippen LogP contribution in [0.4, 0.5) is 5.82 Å². The number of phosphoric ester groups is 1. The van der Waals surface area contributed by atoms with Crippen LogP contribution in [-0.4, -0.2) is 95.0 Å².